The van der Waals surface area contributed by atoms with E-state index >= 15 is 0 Å². The quantitative estimate of drug-likeness (QED) is 0.808. The van der Waals surface area contributed by atoms with Crippen molar-refractivity contribution in [1.82, 2.24) is 0 Å². The van der Waals surface area contributed by atoms with Gasteiger partial charge in [0.2, 0.25) is 0 Å². The van der Waals surface area contributed by atoms with Gasteiger partial charge in [-0.2, -0.15) is 0 Å². The van der Waals surface area contributed by atoms with E-state index in [1.54, 1.807) is 20.1 Å². The monoisotopic (exact) mass is 232 g/mol. The highest BCUT2D eigenvalue weighted by molar-refractivity contribution is 7.98. The van der Waals surface area contributed by atoms with E-state index in [1.165, 1.54) is 12.1 Å². The zero-order valence-corrected chi connectivity index (χ0v) is 9.79. The first-order valence-electron chi connectivity index (χ1n) is 4.57. The number of halogens is 2. The summed E-state index contributed by atoms with van der Waals surface area (Å²) in [5.74, 6) is -1.69. The summed E-state index contributed by atoms with van der Waals surface area (Å²) in [6.07, 6.45) is 1.69. The van der Waals surface area contributed by atoms with Gasteiger partial charge >= 0.3 is 0 Å². The molecule has 0 aliphatic heterocycles. The smallest absolute Gasteiger partial charge is 0.172 e. The number of hydrogen-bond donors (Lipinski definition) is 1. The van der Waals surface area contributed by atoms with E-state index in [1.807, 2.05) is 0 Å². The molecule has 0 aliphatic carbocycles. The topological polar surface area (TPSA) is 20.2 Å². The number of rotatable bonds is 3. The largest absolute Gasteiger partial charge is 0.395 e. The predicted octanol–water partition coefficient (Wildman–Crippen LogP) is 2.96. The lowest BCUT2D eigenvalue weighted by Gasteiger charge is -2.23. The fraction of sp³-hybridized carbons (Fsp3) is 0.455. The molecule has 1 N–H and O–H groups in total. The summed E-state index contributed by atoms with van der Waals surface area (Å²) in [6.45, 7) is 3.12. The molecule has 1 aromatic carbocycles. The third-order valence-electron chi connectivity index (χ3n) is 2.39. The van der Waals surface area contributed by atoms with Crippen molar-refractivity contribution in [2.45, 2.75) is 24.2 Å². The minimum absolute atomic E-state index is 0.209. The molecule has 0 radical (unpaired) electrons. The number of aliphatic hydroxyl groups excluding tert-OH is 1. The van der Waals surface area contributed by atoms with Gasteiger partial charge in [-0.05, 0) is 17.9 Å². The maximum absolute atomic E-state index is 13.6. The van der Waals surface area contributed by atoms with Gasteiger partial charge in [-0.25, -0.2) is 8.78 Å². The Balaban J connectivity index is 3.29. The summed E-state index contributed by atoms with van der Waals surface area (Å²) in [6, 6.07) is 3.07. The molecule has 1 aromatic rings. The minimum Gasteiger partial charge on any atom is -0.395 e. The lowest BCUT2D eigenvalue weighted by atomic mass is 9.85. The van der Waals surface area contributed by atoms with E-state index in [-0.39, 0.29) is 17.1 Å². The zero-order valence-electron chi connectivity index (χ0n) is 8.97. The fourth-order valence-corrected chi connectivity index (χ4v) is 1.77. The normalized spacial score (nSPS) is 11.9. The van der Waals surface area contributed by atoms with Crippen molar-refractivity contribution in [3.63, 3.8) is 0 Å². The first kappa shape index (κ1) is 12.5. The van der Waals surface area contributed by atoms with Crippen LogP contribution in [0.2, 0.25) is 0 Å². The Morgan fingerprint density at radius 3 is 2.33 bits per heavy atom. The van der Waals surface area contributed by atoms with Crippen LogP contribution in [0.4, 0.5) is 8.78 Å². The van der Waals surface area contributed by atoms with Crippen molar-refractivity contribution in [3.8, 4) is 0 Å². The molecule has 15 heavy (non-hydrogen) atoms. The van der Waals surface area contributed by atoms with Crippen LogP contribution in [0, 0.1) is 11.6 Å². The van der Waals surface area contributed by atoms with Gasteiger partial charge in [0.25, 0.3) is 0 Å². The van der Waals surface area contributed by atoms with E-state index in [9.17, 15) is 8.78 Å². The van der Waals surface area contributed by atoms with Crippen LogP contribution < -0.4 is 0 Å². The second-order valence-corrected chi connectivity index (χ2v) is 4.83. The van der Waals surface area contributed by atoms with Crippen LogP contribution in [0.25, 0.3) is 0 Å². The van der Waals surface area contributed by atoms with Crippen molar-refractivity contribution in [1.29, 1.82) is 0 Å². The first-order valence-corrected chi connectivity index (χ1v) is 5.80. The summed E-state index contributed by atoms with van der Waals surface area (Å²) in [5, 5.41) is 9.09. The van der Waals surface area contributed by atoms with Crippen LogP contribution in [-0.2, 0) is 5.41 Å². The molecule has 0 saturated heterocycles. The molecule has 84 valence electrons. The molecule has 0 saturated carbocycles. The van der Waals surface area contributed by atoms with E-state index in [2.05, 4.69) is 0 Å². The van der Waals surface area contributed by atoms with Gasteiger partial charge in [0.15, 0.2) is 11.6 Å². The number of benzene rings is 1. The highest BCUT2D eigenvalue weighted by Gasteiger charge is 2.26. The Morgan fingerprint density at radius 1 is 1.27 bits per heavy atom. The molecule has 0 unspecified atom stereocenters. The molecule has 0 aliphatic rings. The van der Waals surface area contributed by atoms with Crippen LogP contribution in [0.1, 0.15) is 19.4 Å². The van der Waals surface area contributed by atoms with E-state index < -0.39 is 17.0 Å². The molecule has 1 rings (SSSR count). The van der Waals surface area contributed by atoms with Crippen LogP contribution >= 0.6 is 11.8 Å². The van der Waals surface area contributed by atoms with Gasteiger partial charge in [-0.15, -0.1) is 11.8 Å². The molecule has 0 heterocycles. The number of thioether (sulfide) groups is 1. The lowest BCUT2D eigenvalue weighted by Crippen LogP contribution is -2.24. The predicted molar refractivity (Wildman–Crippen MR) is 58.3 cm³/mol. The van der Waals surface area contributed by atoms with Crippen LogP contribution in [0.15, 0.2) is 17.0 Å². The Morgan fingerprint density at radius 2 is 1.87 bits per heavy atom. The van der Waals surface area contributed by atoms with E-state index in [0.717, 1.165) is 11.8 Å². The molecule has 0 bridgehead atoms. The highest BCUT2D eigenvalue weighted by Crippen LogP contribution is 2.30. The SMILES string of the molecule is CSc1ccc(C(C)(C)CO)c(F)c1F. The first-order chi connectivity index (χ1) is 6.94. The fourth-order valence-electron chi connectivity index (χ4n) is 1.30. The van der Waals surface area contributed by atoms with Crippen molar-refractivity contribution in [3.05, 3.63) is 29.3 Å². The maximum Gasteiger partial charge on any atom is 0.172 e. The molecular weight excluding hydrogens is 218 g/mol. The average Bonchev–Trinajstić information content (AvgIpc) is 2.21. The van der Waals surface area contributed by atoms with E-state index in [4.69, 9.17) is 5.11 Å². The van der Waals surface area contributed by atoms with Crippen LogP contribution in [0.5, 0.6) is 0 Å². The molecule has 0 spiro atoms. The third-order valence-corrected chi connectivity index (χ3v) is 3.15. The zero-order chi connectivity index (χ0) is 11.6. The second-order valence-electron chi connectivity index (χ2n) is 3.99. The second kappa shape index (κ2) is 4.49. The van der Waals surface area contributed by atoms with Crippen LogP contribution in [0.3, 0.4) is 0 Å². The van der Waals surface area contributed by atoms with Crippen LogP contribution in [-0.4, -0.2) is 18.0 Å². The van der Waals surface area contributed by atoms with Gasteiger partial charge in [-0.1, -0.05) is 19.9 Å². The van der Waals surface area contributed by atoms with Crippen molar-refractivity contribution in [2.75, 3.05) is 12.9 Å². The summed E-state index contributed by atoms with van der Waals surface area (Å²) in [7, 11) is 0. The van der Waals surface area contributed by atoms with Crippen molar-refractivity contribution in [2.24, 2.45) is 0 Å². The number of hydrogen-bond acceptors (Lipinski definition) is 2. The summed E-state index contributed by atoms with van der Waals surface area (Å²) in [5.41, 5.74) is -0.553. The van der Waals surface area contributed by atoms with Gasteiger partial charge in [0.1, 0.15) is 0 Å². The highest BCUT2D eigenvalue weighted by atomic mass is 32.2. The van der Waals surface area contributed by atoms with Crippen molar-refractivity contribution >= 4 is 11.8 Å². The Bertz CT molecular complexity index is 364. The van der Waals surface area contributed by atoms with Crippen molar-refractivity contribution < 1.29 is 13.9 Å². The van der Waals surface area contributed by atoms with Gasteiger partial charge in [0, 0.05) is 10.3 Å². The third kappa shape index (κ3) is 2.32. The molecular formula is C11H14F2OS. The van der Waals surface area contributed by atoms with Gasteiger partial charge in [0.05, 0.1) is 6.61 Å². The number of aliphatic hydroxyl groups is 1. The molecule has 0 fully saturated rings. The maximum atomic E-state index is 13.6. The summed E-state index contributed by atoms with van der Waals surface area (Å²) in [4.78, 5) is 0.282. The summed E-state index contributed by atoms with van der Waals surface area (Å²) >= 11 is 1.16. The Labute approximate surface area is 92.5 Å². The molecule has 0 amide bonds. The van der Waals surface area contributed by atoms with Gasteiger partial charge in [-0.3, -0.25) is 0 Å². The molecule has 0 atom stereocenters. The molecule has 0 aromatic heterocycles. The molecule has 1 nitrogen and oxygen atoms in total. The van der Waals surface area contributed by atoms with Gasteiger partial charge < -0.3 is 5.11 Å². The standard InChI is InChI=1S/C11H14F2OS/c1-11(2,6-14)7-4-5-8(15-3)10(13)9(7)12/h4-5,14H,6H2,1-3H3. The summed E-state index contributed by atoms with van der Waals surface area (Å²) < 4.78 is 27.1. The lowest BCUT2D eigenvalue weighted by molar-refractivity contribution is 0.213. The average molecular weight is 232 g/mol. The Kier molecular flexibility index (Phi) is 3.73. The Hall–Kier alpha value is -0.610. The minimum atomic E-state index is -0.860. The van der Waals surface area contributed by atoms with E-state index in [0.29, 0.717) is 0 Å². The molecule has 4 heteroatoms.